The Morgan fingerprint density at radius 2 is 1.73 bits per heavy atom. The van der Waals surface area contributed by atoms with E-state index in [1.54, 1.807) is 12.1 Å². The lowest BCUT2D eigenvalue weighted by atomic mass is 9.92. The van der Waals surface area contributed by atoms with Crippen molar-refractivity contribution in [3.8, 4) is 10.6 Å². The van der Waals surface area contributed by atoms with Crippen LogP contribution in [-0.4, -0.2) is 42.0 Å². The van der Waals surface area contributed by atoms with Crippen LogP contribution in [-0.2, 0) is 0 Å². The Bertz CT molecular complexity index is 726. The Balaban J connectivity index is 0.00000121. The van der Waals surface area contributed by atoms with Gasteiger partial charge in [-0.25, -0.2) is 9.37 Å². The van der Waals surface area contributed by atoms with E-state index in [1.165, 1.54) is 23.5 Å². The quantitative estimate of drug-likeness (QED) is 0.806. The molecular weight excluding hydrogens is 396 g/mol. The highest BCUT2D eigenvalue weighted by Gasteiger charge is 2.32. The molecule has 2 atom stereocenters. The summed E-state index contributed by atoms with van der Waals surface area (Å²) in [5.41, 5.74) is 1.35. The minimum Gasteiger partial charge on any atom is -0.337 e. The van der Waals surface area contributed by atoms with Crippen LogP contribution in [0.3, 0.4) is 0 Å². The molecule has 3 heterocycles. The average molecular weight is 418 g/mol. The molecule has 2 aromatic rings. The number of hydrogen-bond acceptors (Lipinski definition) is 4. The molecule has 8 heteroatoms. The zero-order valence-electron chi connectivity index (χ0n) is 14.2. The van der Waals surface area contributed by atoms with Crippen LogP contribution < -0.4 is 5.32 Å². The number of benzene rings is 1. The number of likely N-dealkylation sites (tertiary alicyclic amines) is 1. The lowest BCUT2D eigenvalue weighted by Crippen LogP contribution is -2.33. The maximum Gasteiger partial charge on any atom is 0.273 e. The molecule has 0 aliphatic carbocycles. The summed E-state index contributed by atoms with van der Waals surface area (Å²) < 4.78 is 13.0. The highest BCUT2D eigenvalue weighted by Crippen LogP contribution is 2.29. The van der Waals surface area contributed by atoms with Gasteiger partial charge in [-0.2, -0.15) is 0 Å². The number of carbonyl (C=O) groups excluding carboxylic acids is 1. The van der Waals surface area contributed by atoms with Crippen molar-refractivity contribution in [2.45, 2.75) is 12.8 Å². The highest BCUT2D eigenvalue weighted by molar-refractivity contribution is 7.13. The first-order chi connectivity index (χ1) is 11.7. The summed E-state index contributed by atoms with van der Waals surface area (Å²) in [5, 5.41) is 6.02. The molecule has 1 N–H and O–H groups in total. The van der Waals surface area contributed by atoms with Crippen LogP contribution in [0.5, 0.6) is 0 Å². The molecule has 1 aromatic carbocycles. The molecule has 0 saturated carbocycles. The van der Waals surface area contributed by atoms with Crippen molar-refractivity contribution in [3.63, 3.8) is 0 Å². The summed E-state index contributed by atoms with van der Waals surface area (Å²) in [6, 6.07) is 6.23. The van der Waals surface area contributed by atoms with Crippen molar-refractivity contribution in [3.05, 3.63) is 41.2 Å². The van der Waals surface area contributed by atoms with Gasteiger partial charge in [0.15, 0.2) is 0 Å². The third-order valence-corrected chi connectivity index (χ3v) is 6.01. The van der Waals surface area contributed by atoms with E-state index in [0.717, 1.165) is 49.6 Å². The SMILES string of the molecule is Cl.Cl.O=C(c1csc(-c2ccc(F)cc2)n1)N1CC[C@@H]2CNC[C@@H]2CC1. The molecule has 0 radical (unpaired) electrons. The number of halogens is 3. The second-order valence-electron chi connectivity index (χ2n) is 6.59. The number of fused-ring (bicyclic) bond motifs is 1. The monoisotopic (exact) mass is 417 g/mol. The molecule has 4 rings (SSSR count). The molecular formula is C18H22Cl2FN3OS. The van der Waals surface area contributed by atoms with Crippen molar-refractivity contribution >= 4 is 42.1 Å². The fourth-order valence-corrected chi connectivity index (χ4v) is 4.48. The summed E-state index contributed by atoms with van der Waals surface area (Å²) in [6.45, 7) is 3.78. The third kappa shape index (κ3) is 4.36. The third-order valence-electron chi connectivity index (χ3n) is 5.12. The van der Waals surface area contributed by atoms with Gasteiger partial charge in [-0.05, 0) is 62.0 Å². The minimum absolute atomic E-state index is 0. The molecule has 2 aliphatic heterocycles. The van der Waals surface area contributed by atoms with Gasteiger partial charge in [0.1, 0.15) is 16.5 Å². The number of amides is 1. The van der Waals surface area contributed by atoms with Gasteiger partial charge >= 0.3 is 0 Å². The molecule has 2 aliphatic rings. The molecule has 142 valence electrons. The van der Waals surface area contributed by atoms with Crippen LogP contribution in [0.4, 0.5) is 4.39 Å². The number of aromatic nitrogens is 1. The van der Waals surface area contributed by atoms with Gasteiger partial charge in [-0.1, -0.05) is 0 Å². The lowest BCUT2D eigenvalue weighted by Gasteiger charge is -2.19. The number of carbonyl (C=O) groups is 1. The first kappa shape index (κ1) is 21.1. The van der Waals surface area contributed by atoms with Gasteiger partial charge < -0.3 is 10.2 Å². The van der Waals surface area contributed by atoms with Gasteiger partial charge in [-0.3, -0.25) is 4.79 Å². The lowest BCUT2D eigenvalue weighted by molar-refractivity contribution is 0.0753. The van der Waals surface area contributed by atoms with Crippen molar-refractivity contribution in [1.29, 1.82) is 0 Å². The summed E-state index contributed by atoms with van der Waals surface area (Å²) in [6.07, 6.45) is 2.14. The molecule has 1 amide bonds. The topological polar surface area (TPSA) is 45.2 Å². The molecule has 4 nitrogen and oxygen atoms in total. The Kier molecular flexibility index (Phi) is 7.41. The van der Waals surface area contributed by atoms with Crippen LogP contribution in [0.1, 0.15) is 23.3 Å². The molecule has 0 spiro atoms. The van der Waals surface area contributed by atoms with Gasteiger partial charge in [-0.15, -0.1) is 36.2 Å². The summed E-state index contributed by atoms with van der Waals surface area (Å²) in [4.78, 5) is 19.2. The molecule has 0 unspecified atom stereocenters. The second kappa shape index (κ2) is 9.13. The average Bonchev–Trinajstić information content (AvgIpc) is 3.21. The van der Waals surface area contributed by atoms with Gasteiger partial charge in [0.05, 0.1) is 0 Å². The number of nitrogens with one attached hydrogen (secondary N) is 1. The molecule has 0 bridgehead atoms. The molecule has 1 aromatic heterocycles. The Labute approximate surface area is 169 Å². The Morgan fingerprint density at radius 1 is 1.12 bits per heavy atom. The van der Waals surface area contributed by atoms with E-state index in [-0.39, 0.29) is 36.5 Å². The Morgan fingerprint density at radius 3 is 2.35 bits per heavy atom. The predicted octanol–water partition coefficient (Wildman–Crippen LogP) is 3.86. The molecule has 2 fully saturated rings. The molecule has 2 saturated heterocycles. The number of nitrogens with zero attached hydrogens (tertiary/aromatic N) is 2. The zero-order chi connectivity index (χ0) is 16.5. The maximum atomic E-state index is 13.0. The van der Waals surface area contributed by atoms with Crippen LogP contribution in [0.25, 0.3) is 10.6 Å². The highest BCUT2D eigenvalue weighted by atomic mass is 35.5. The van der Waals surface area contributed by atoms with Crippen molar-refractivity contribution in [2.24, 2.45) is 11.8 Å². The fourth-order valence-electron chi connectivity index (χ4n) is 3.68. The van der Waals surface area contributed by atoms with E-state index in [1.807, 2.05) is 10.3 Å². The van der Waals surface area contributed by atoms with Crippen molar-refractivity contribution in [2.75, 3.05) is 26.2 Å². The van der Waals surface area contributed by atoms with Crippen molar-refractivity contribution < 1.29 is 9.18 Å². The summed E-state index contributed by atoms with van der Waals surface area (Å²) in [7, 11) is 0. The maximum absolute atomic E-state index is 13.0. The van der Waals surface area contributed by atoms with E-state index in [2.05, 4.69) is 10.3 Å². The van der Waals surface area contributed by atoms with Crippen LogP contribution in [0.2, 0.25) is 0 Å². The van der Waals surface area contributed by atoms with Crippen LogP contribution in [0, 0.1) is 17.7 Å². The van der Waals surface area contributed by atoms with E-state index < -0.39 is 0 Å². The minimum atomic E-state index is -0.267. The number of rotatable bonds is 2. The first-order valence-electron chi connectivity index (χ1n) is 8.42. The number of hydrogen-bond donors (Lipinski definition) is 1. The zero-order valence-corrected chi connectivity index (χ0v) is 16.6. The van der Waals surface area contributed by atoms with E-state index in [0.29, 0.717) is 17.5 Å². The van der Waals surface area contributed by atoms with Gasteiger partial charge in [0, 0.05) is 24.0 Å². The molecule has 26 heavy (non-hydrogen) atoms. The summed E-state index contributed by atoms with van der Waals surface area (Å²) in [5.74, 6) is 1.16. The van der Waals surface area contributed by atoms with E-state index in [9.17, 15) is 9.18 Å². The normalized spacial score (nSPS) is 22.0. The van der Waals surface area contributed by atoms with Crippen LogP contribution in [0.15, 0.2) is 29.6 Å². The first-order valence-corrected chi connectivity index (χ1v) is 9.30. The summed E-state index contributed by atoms with van der Waals surface area (Å²) >= 11 is 1.43. The number of thiazole rings is 1. The van der Waals surface area contributed by atoms with Gasteiger partial charge in [0.25, 0.3) is 5.91 Å². The van der Waals surface area contributed by atoms with E-state index >= 15 is 0 Å². The Hall–Kier alpha value is -1.21. The standard InChI is InChI=1S/C18H20FN3OS.2ClH/c19-15-3-1-12(2-4-15)17-21-16(11-24-17)18(23)22-7-5-13-9-20-10-14(13)6-8-22;;/h1-4,11,13-14,20H,5-10H2;2*1H/t13-,14+;;. The predicted molar refractivity (Wildman–Crippen MR) is 107 cm³/mol. The van der Waals surface area contributed by atoms with E-state index in [4.69, 9.17) is 0 Å². The second-order valence-corrected chi connectivity index (χ2v) is 7.45. The fraction of sp³-hybridized carbons (Fsp3) is 0.444. The van der Waals surface area contributed by atoms with Gasteiger partial charge in [0.2, 0.25) is 0 Å². The van der Waals surface area contributed by atoms with Crippen molar-refractivity contribution in [1.82, 2.24) is 15.2 Å². The largest absolute Gasteiger partial charge is 0.337 e. The van der Waals surface area contributed by atoms with Crippen LogP contribution >= 0.6 is 36.2 Å². The smallest absolute Gasteiger partial charge is 0.273 e.